The quantitative estimate of drug-likeness (QED) is 0.535. The Labute approximate surface area is 162 Å². The average Bonchev–Trinajstić information content (AvgIpc) is 3.22. The predicted molar refractivity (Wildman–Crippen MR) is 102 cm³/mol. The highest BCUT2D eigenvalue weighted by Crippen LogP contribution is 2.30. The Morgan fingerprint density at radius 1 is 1.14 bits per heavy atom. The molecule has 1 aromatic carbocycles. The molecule has 0 fully saturated rings. The van der Waals surface area contributed by atoms with E-state index in [2.05, 4.69) is 0 Å². The van der Waals surface area contributed by atoms with Crippen molar-refractivity contribution in [1.29, 1.82) is 0 Å². The smallest absolute Gasteiger partial charge is 0.355 e. The fourth-order valence-corrected chi connectivity index (χ4v) is 4.10. The van der Waals surface area contributed by atoms with E-state index >= 15 is 0 Å². The maximum Gasteiger partial charge on any atom is 0.355 e. The van der Waals surface area contributed by atoms with Gasteiger partial charge >= 0.3 is 5.97 Å². The molecule has 2 aromatic rings. The highest BCUT2D eigenvalue weighted by molar-refractivity contribution is 7.92. The summed E-state index contributed by atoms with van der Waals surface area (Å²) in [7, 11) is -1.75. The van der Waals surface area contributed by atoms with E-state index in [0.717, 1.165) is 11.8 Å². The van der Waals surface area contributed by atoms with Gasteiger partial charge in [0.05, 0.1) is 11.9 Å². The second kappa shape index (κ2) is 7.23. The number of sulfonamides is 1. The molecular weight excluding hydrogens is 384 g/mol. The third kappa shape index (κ3) is 3.84. The Kier molecular flexibility index (Phi) is 5.12. The van der Waals surface area contributed by atoms with Crippen LogP contribution in [0.2, 0.25) is 0 Å². The summed E-state index contributed by atoms with van der Waals surface area (Å²) in [5, 5.41) is 0. The summed E-state index contributed by atoms with van der Waals surface area (Å²) in [6.07, 6.45) is 3.18. The number of hydrogen-bond acceptors (Lipinski definition) is 6. The zero-order chi connectivity index (χ0) is 20.6. The summed E-state index contributed by atoms with van der Waals surface area (Å²) in [6, 6.07) is 6.17. The molecule has 1 aliphatic rings. The summed E-state index contributed by atoms with van der Waals surface area (Å²) in [4.78, 5) is 36.0. The molecular formula is C19H20N2O6S. The summed E-state index contributed by atoms with van der Waals surface area (Å²) >= 11 is 0. The number of anilines is 1. The van der Waals surface area contributed by atoms with E-state index in [1.807, 2.05) is 0 Å². The van der Waals surface area contributed by atoms with Crippen molar-refractivity contribution in [2.75, 3.05) is 23.7 Å². The fraction of sp³-hybridized carbons (Fsp3) is 0.316. The molecule has 9 heteroatoms. The number of carbonyl (C=O) groups is 3. The summed E-state index contributed by atoms with van der Waals surface area (Å²) in [5.74, 6) is -1.27. The van der Waals surface area contributed by atoms with E-state index in [1.54, 1.807) is 19.2 Å². The number of Topliss-reactive ketones (excluding diaryl/α,β-unsaturated/α-hetero) is 2. The fourth-order valence-electron chi connectivity index (χ4n) is 3.14. The van der Waals surface area contributed by atoms with Gasteiger partial charge in [0.1, 0.15) is 5.69 Å². The van der Waals surface area contributed by atoms with Crippen molar-refractivity contribution in [2.45, 2.75) is 13.3 Å². The molecule has 8 nitrogen and oxygen atoms in total. The van der Waals surface area contributed by atoms with Crippen LogP contribution in [0.3, 0.4) is 0 Å². The number of carbonyl (C=O) groups excluding carboxylic acids is 3. The first kappa shape index (κ1) is 19.8. The van der Waals surface area contributed by atoms with Crippen molar-refractivity contribution in [2.24, 2.45) is 7.05 Å². The molecule has 1 aliphatic heterocycles. The summed E-state index contributed by atoms with van der Waals surface area (Å²) in [5.41, 5.74) is 2.23. The number of aromatic nitrogens is 1. The Hall–Kier alpha value is -2.94. The highest BCUT2D eigenvalue weighted by atomic mass is 32.2. The molecule has 28 heavy (non-hydrogen) atoms. The SMILES string of the molecule is CC(=O)c1cc(C(=O)OCC(=O)c2ccc3c(c2)CCN3S(C)(=O)=O)n(C)c1. The molecule has 148 valence electrons. The molecule has 0 bridgehead atoms. The van der Waals surface area contributed by atoms with Gasteiger partial charge in [-0.25, -0.2) is 13.2 Å². The van der Waals surface area contributed by atoms with E-state index < -0.39 is 28.4 Å². The van der Waals surface area contributed by atoms with Crippen LogP contribution in [0, 0.1) is 0 Å². The third-order valence-corrected chi connectivity index (χ3v) is 5.79. The van der Waals surface area contributed by atoms with Crippen LogP contribution in [0.1, 0.15) is 43.7 Å². The minimum Gasteiger partial charge on any atom is -0.453 e. The van der Waals surface area contributed by atoms with Gasteiger partial charge in [-0.3, -0.25) is 13.9 Å². The van der Waals surface area contributed by atoms with Gasteiger partial charge in [-0.05, 0) is 43.2 Å². The van der Waals surface area contributed by atoms with Crippen molar-refractivity contribution in [3.63, 3.8) is 0 Å². The van der Waals surface area contributed by atoms with Crippen LogP contribution in [-0.2, 0) is 28.2 Å². The Morgan fingerprint density at radius 3 is 2.46 bits per heavy atom. The van der Waals surface area contributed by atoms with Gasteiger partial charge < -0.3 is 9.30 Å². The summed E-state index contributed by atoms with van der Waals surface area (Å²) in [6.45, 7) is 1.29. The van der Waals surface area contributed by atoms with Crippen molar-refractivity contribution in [3.05, 3.63) is 52.8 Å². The minimum atomic E-state index is -3.36. The number of rotatable bonds is 6. The molecule has 0 saturated heterocycles. The second-order valence-corrected chi connectivity index (χ2v) is 8.62. The molecule has 0 saturated carbocycles. The van der Waals surface area contributed by atoms with Crippen molar-refractivity contribution >= 4 is 33.2 Å². The molecule has 0 radical (unpaired) electrons. The number of aryl methyl sites for hydroxylation is 1. The van der Waals surface area contributed by atoms with Crippen LogP contribution in [0.5, 0.6) is 0 Å². The topological polar surface area (TPSA) is 103 Å². The predicted octanol–water partition coefficient (Wildman–Crippen LogP) is 1.59. The molecule has 0 aliphatic carbocycles. The third-order valence-electron chi connectivity index (χ3n) is 4.61. The van der Waals surface area contributed by atoms with Crippen LogP contribution in [0.4, 0.5) is 5.69 Å². The summed E-state index contributed by atoms with van der Waals surface area (Å²) < 4.78 is 31.4. The standard InChI is InChI=1S/C19H20N2O6S/c1-12(22)15-9-17(20(2)10-15)19(24)27-11-18(23)14-4-5-16-13(8-14)6-7-21(16)28(3,25)26/h4-5,8-10H,6-7,11H2,1-3H3. The van der Waals surface area contributed by atoms with Gasteiger partial charge in [-0.15, -0.1) is 0 Å². The molecule has 0 atom stereocenters. The number of fused-ring (bicyclic) bond motifs is 1. The Bertz CT molecular complexity index is 1080. The number of nitrogens with zero attached hydrogens (tertiary/aromatic N) is 2. The van der Waals surface area contributed by atoms with E-state index in [1.165, 1.54) is 34.1 Å². The monoisotopic (exact) mass is 404 g/mol. The van der Waals surface area contributed by atoms with E-state index in [-0.39, 0.29) is 11.5 Å². The Balaban J connectivity index is 1.69. The van der Waals surface area contributed by atoms with Gasteiger partial charge in [0.25, 0.3) is 0 Å². The second-order valence-electron chi connectivity index (χ2n) is 6.71. The lowest BCUT2D eigenvalue weighted by atomic mass is 10.1. The number of benzene rings is 1. The number of esters is 1. The molecule has 2 heterocycles. The number of ether oxygens (including phenoxy) is 1. The van der Waals surface area contributed by atoms with Crippen LogP contribution >= 0.6 is 0 Å². The molecule has 0 spiro atoms. The van der Waals surface area contributed by atoms with Gasteiger partial charge in [-0.1, -0.05) is 0 Å². The lowest BCUT2D eigenvalue weighted by Gasteiger charge is -2.16. The van der Waals surface area contributed by atoms with Crippen LogP contribution in [-0.4, -0.2) is 49.9 Å². The molecule has 0 unspecified atom stereocenters. The lowest BCUT2D eigenvalue weighted by molar-refractivity contribution is 0.0465. The number of hydrogen-bond donors (Lipinski definition) is 0. The zero-order valence-electron chi connectivity index (χ0n) is 15.8. The van der Waals surface area contributed by atoms with Crippen molar-refractivity contribution in [1.82, 2.24) is 4.57 Å². The van der Waals surface area contributed by atoms with Crippen molar-refractivity contribution in [3.8, 4) is 0 Å². The average molecular weight is 404 g/mol. The molecule has 1 aromatic heterocycles. The van der Waals surface area contributed by atoms with Crippen LogP contribution in [0.15, 0.2) is 30.5 Å². The lowest BCUT2D eigenvalue weighted by Crippen LogP contribution is -2.27. The largest absolute Gasteiger partial charge is 0.453 e. The first-order valence-electron chi connectivity index (χ1n) is 8.56. The van der Waals surface area contributed by atoms with Gasteiger partial charge in [-0.2, -0.15) is 0 Å². The van der Waals surface area contributed by atoms with Gasteiger partial charge in [0.2, 0.25) is 10.0 Å². The number of ketones is 2. The van der Waals surface area contributed by atoms with Crippen LogP contribution in [0.25, 0.3) is 0 Å². The Morgan fingerprint density at radius 2 is 1.86 bits per heavy atom. The molecule has 0 N–H and O–H groups in total. The maximum absolute atomic E-state index is 12.4. The molecule has 0 amide bonds. The zero-order valence-corrected chi connectivity index (χ0v) is 16.6. The van der Waals surface area contributed by atoms with Crippen LogP contribution < -0.4 is 4.31 Å². The first-order chi connectivity index (χ1) is 13.1. The minimum absolute atomic E-state index is 0.174. The van der Waals surface area contributed by atoms with Gasteiger partial charge in [0, 0.05) is 30.9 Å². The first-order valence-corrected chi connectivity index (χ1v) is 10.4. The maximum atomic E-state index is 12.4. The van der Waals surface area contributed by atoms with Gasteiger partial charge in [0.15, 0.2) is 18.2 Å². The normalized spacial score (nSPS) is 13.3. The highest BCUT2D eigenvalue weighted by Gasteiger charge is 2.27. The van der Waals surface area contributed by atoms with E-state index in [4.69, 9.17) is 4.74 Å². The van der Waals surface area contributed by atoms with E-state index in [9.17, 15) is 22.8 Å². The van der Waals surface area contributed by atoms with Crippen molar-refractivity contribution < 1.29 is 27.5 Å². The van der Waals surface area contributed by atoms with E-state index in [0.29, 0.717) is 29.8 Å². The molecule has 3 rings (SSSR count).